The number of ether oxygens (including phenoxy) is 1. The predicted molar refractivity (Wildman–Crippen MR) is 79.4 cm³/mol. The summed E-state index contributed by atoms with van der Waals surface area (Å²) in [6, 6.07) is 19.0. The third-order valence-corrected chi connectivity index (χ3v) is 3.93. The van der Waals surface area contributed by atoms with Crippen molar-refractivity contribution in [3.05, 3.63) is 71.8 Å². The minimum Gasteiger partial charge on any atom is -0.446 e. The molecule has 0 bridgehead atoms. The van der Waals surface area contributed by atoms with Gasteiger partial charge in [0.25, 0.3) is 0 Å². The van der Waals surface area contributed by atoms with Crippen LogP contribution in [0, 0.1) is 0 Å². The van der Waals surface area contributed by atoms with Crippen LogP contribution in [0.3, 0.4) is 0 Å². The summed E-state index contributed by atoms with van der Waals surface area (Å²) in [6.07, 6.45) is 0. The van der Waals surface area contributed by atoms with Gasteiger partial charge in [0.1, 0.15) is 0 Å². The normalized spacial score (nSPS) is 13.6. The molecule has 0 radical (unpaired) electrons. The fourth-order valence-corrected chi connectivity index (χ4v) is 2.23. The second kappa shape index (κ2) is 6.53. The van der Waals surface area contributed by atoms with Gasteiger partial charge in [0.2, 0.25) is 0 Å². The second-order valence-electron chi connectivity index (χ2n) is 4.32. The maximum Gasteiger partial charge on any atom is 0.339 e. The number of carbonyl (C=O) groups is 1. The molecule has 0 aliphatic heterocycles. The molecule has 0 aliphatic rings. The van der Waals surface area contributed by atoms with Crippen LogP contribution in [0.25, 0.3) is 0 Å². The first-order valence-electron chi connectivity index (χ1n) is 6.13. The molecule has 2 rings (SSSR count). The molecule has 0 aliphatic carbocycles. The van der Waals surface area contributed by atoms with Gasteiger partial charge in [-0.3, -0.25) is 0 Å². The van der Waals surface area contributed by atoms with Crippen LogP contribution in [-0.4, -0.2) is 11.0 Å². The number of hydrogen-bond donors (Lipinski definition) is 0. The van der Waals surface area contributed by atoms with E-state index in [4.69, 9.17) is 4.74 Å². The van der Waals surface area contributed by atoms with E-state index in [1.807, 2.05) is 55.5 Å². The van der Waals surface area contributed by atoms with Crippen LogP contribution in [0.4, 0.5) is 0 Å². The molecular formula is C16H15BrO2. The Balaban J connectivity index is 2.02. The van der Waals surface area contributed by atoms with Crippen molar-refractivity contribution < 1.29 is 9.53 Å². The predicted octanol–water partition coefficient (Wildman–Crippen LogP) is 4.37. The van der Waals surface area contributed by atoms with E-state index in [9.17, 15) is 4.79 Å². The summed E-state index contributed by atoms with van der Waals surface area (Å²) >= 11 is 3.43. The second-order valence-corrected chi connectivity index (χ2v) is 5.22. The molecule has 0 N–H and O–H groups in total. The molecule has 2 atom stereocenters. The van der Waals surface area contributed by atoms with Crippen LogP contribution in [0.5, 0.6) is 0 Å². The third kappa shape index (κ3) is 3.67. The van der Waals surface area contributed by atoms with Crippen molar-refractivity contribution in [1.82, 2.24) is 0 Å². The number of rotatable bonds is 4. The van der Waals surface area contributed by atoms with E-state index in [2.05, 4.69) is 15.9 Å². The van der Waals surface area contributed by atoms with Gasteiger partial charge in [0.05, 0.1) is 5.56 Å². The topological polar surface area (TPSA) is 26.3 Å². The van der Waals surface area contributed by atoms with Gasteiger partial charge in [-0.05, 0) is 33.6 Å². The Labute approximate surface area is 121 Å². The molecule has 0 aromatic heterocycles. The van der Waals surface area contributed by atoms with E-state index in [1.54, 1.807) is 12.1 Å². The zero-order valence-electron chi connectivity index (χ0n) is 10.6. The summed E-state index contributed by atoms with van der Waals surface area (Å²) in [7, 11) is 0. The first kappa shape index (κ1) is 13.8. The highest BCUT2D eigenvalue weighted by Crippen LogP contribution is 2.26. The van der Waals surface area contributed by atoms with Gasteiger partial charge in [-0.25, -0.2) is 4.79 Å². The van der Waals surface area contributed by atoms with Crippen molar-refractivity contribution in [1.29, 1.82) is 0 Å². The quantitative estimate of drug-likeness (QED) is 0.618. The lowest BCUT2D eigenvalue weighted by atomic mass is 10.0. The lowest BCUT2D eigenvalue weighted by Gasteiger charge is -2.19. The summed E-state index contributed by atoms with van der Waals surface area (Å²) in [5.74, 6) is -0.223. The zero-order chi connectivity index (χ0) is 13.7. The molecule has 3 heteroatoms. The Morgan fingerprint density at radius 2 is 1.53 bits per heavy atom. The van der Waals surface area contributed by atoms with E-state index in [1.165, 1.54) is 0 Å². The Hall–Kier alpha value is -1.61. The smallest absolute Gasteiger partial charge is 0.339 e. The fourth-order valence-electron chi connectivity index (χ4n) is 1.75. The Morgan fingerprint density at radius 1 is 1.00 bits per heavy atom. The number of halogens is 1. The molecule has 0 heterocycles. The van der Waals surface area contributed by atoms with Gasteiger partial charge in [-0.15, -0.1) is 0 Å². The molecular weight excluding hydrogens is 304 g/mol. The monoisotopic (exact) mass is 318 g/mol. The standard InChI is InChI=1S/C16H15BrO2/c1-12(13-8-4-2-5-9-13)15(17)19-16(18)14-10-6-3-7-11-14/h2-12,15H,1H3. The summed E-state index contributed by atoms with van der Waals surface area (Å²) in [4.78, 5) is 11.9. The Bertz CT molecular complexity index is 525. The number of esters is 1. The van der Waals surface area contributed by atoms with Crippen molar-refractivity contribution in [3.63, 3.8) is 0 Å². The molecule has 2 unspecified atom stereocenters. The van der Waals surface area contributed by atoms with Crippen LogP contribution in [-0.2, 0) is 4.74 Å². The van der Waals surface area contributed by atoms with E-state index in [0.29, 0.717) is 5.56 Å². The number of alkyl halides is 1. The van der Waals surface area contributed by atoms with Crippen LogP contribution < -0.4 is 0 Å². The molecule has 19 heavy (non-hydrogen) atoms. The van der Waals surface area contributed by atoms with Crippen LogP contribution in [0.1, 0.15) is 28.8 Å². The van der Waals surface area contributed by atoms with Crippen LogP contribution in [0.15, 0.2) is 60.7 Å². The highest BCUT2D eigenvalue weighted by Gasteiger charge is 2.20. The van der Waals surface area contributed by atoms with Gasteiger partial charge < -0.3 is 4.74 Å². The highest BCUT2D eigenvalue weighted by molar-refractivity contribution is 9.09. The van der Waals surface area contributed by atoms with Crippen molar-refractivity contribution in [2.75, 3.05) is 0 Å². The SMILES string of the molecule is CC(c1ccccc1)C(Br)OC(=O)c1ccccc1. The largest absolute Gasteiger partial charge is 0.446 e. The summed E-state index contributed by atoms with van der Waals surface area (Å²) in [5, 5.41) is -0.345. The Kier molecular flexibility index (Phi) is 4.74. The first-order valence-corrected chi connectivity index (χ1v) is 7.05. The van der Waals surface area contributed by atoms with Crippen LogP contribution in [0.2, 0.25) is 0 Å². The van der Waals surface area contributed by atoms with E-state index >= 15 is 0 Å². The lowest BCUT2D eigenvalue weighted by Crippen LogP contribution is -2.18. The van der Waals surface area contributed by atoms with Gasteiger partial charge in [0.15, 0.2) is 5.01 Å². The minimum atomic E-state index is -0.345. The molecule has 2 nitrogen and oxygen atoms in total. The summed E-state index contributed by atoms with van der Waals surface area (Å²) in [6.45, 7) is 2.02. The molecule has 0 saturated carbocycles. The average molecular weight is 319 g/mol. The maximum absolute atomic E-state index is 11.9. The zero-order valence-corrected chi connectivity index (χ0v) is 12.2. The van der Waals surface area contributed by atoms with Gasteiger partial charge >= 0.3 is 5.97 Å². The van der Waals surface area contributed by atoms with Gasteiger partial charge in [-0.1, -0.05) is 55.5 Å². The molecule has 0 saturated heterocycles. The Morgan fingerprint density at radius 3 is 2.11 bits per heavy atom. The lowest BCUT2D eigenvalue weighted by molar-refractivity contribution is 0.0440. The number of carbonyl (C=O) groups excluding carboxylic acids is 1. The van der Waals surface area contributed by atoms with Gasteiger partial charge in [-0.2, -0.15) is 0 Å². The highest BCUT2D eigenvalue weighted by atomic mass is 79.9. The maximum atomic E-state index is 11.9. The van der Waals surface area contributed by atoms with Crippen molar-refractivity contribution in [2.24, 2.45) is 0 Å². The third-order valence-electron chi connectivity index (χ3n) is 2.95. The minimum absolute atomic E-state index is 0.0915. The number of benzene rings is 2. The molecule has 0 fully saturated rings. The van der Waals surface area contributed by atoms with Gasteiger partial charge in [0, 0.05) is 5.92 Å². The van der Waals surface area contributed by atoms with Crippen molar-refractivity contribution >= 4 is 21.9 Å². The van der Waals surface area contributed by atoms with E-state index in [0.717, 1.165) is 5.56 Å². The van der Waals surface area contributed by atoms with Crippen LogP contribution >= 0.6 is 15.9 Å². The fraction of sp³-hybridized carbons (Fsp3) is 0.188. The van der Waals surface area contributed by atoms with E-state index in [-0.39, 0.29) is 16.9 Å². The molecule has 2 aromatic carbocycles. The molecule has 2 aromatic rings. The van der Waals surface area contributed by atoms with E-state index < -0.39 is 0 Å². The average Bonchev–Trinajstić information content (AvgIpc) is 2.48. The summed E-state index contributed by atoms with van der Waals surface area (Å²) in [5.41, 5.74) is 1.69. The molecule has 0 amide bonds. The molecule has 0 spiro atoms. The van der Waals surface area contributed by atoms with Crippen molar-refractivity contribution in [3.8, 4) is 0 Å². The summed E-state index contributed by atoms with van der Waals surface area (Å²) < 4.78 is 5.43. The number of hydrogen-bond acceptors (Lipinski definition) is 2. The molecule has 98 valence electrons. The van der Waals surface area contributed by atoms with Crippen molar-refractivity contribution in [2.45, 2.75) is 17.9 Å². The first-order chi connectivity index (χ1) is 9.18.